The van der Waals surface area contributed by atoms with E-state index in [-0.39, 0.29) is 18.9 Å². The monoisotopic (exact) mass is 448 g/mol. The van der Waals surface area contributed by atoms with Gasteiger partial charge in [0.25, 0.3) is 0 Å². The van der Waals surface area contributed by atoms with E-state index < -0.39 is 0 Å². The molecule has 0 amide bonds. The molecule has 5 rings (SSSR count). The number of ether oxygens (including phenoxy) is 2. The van der Waals surface area contributed by atoms with E-state index in [1.54, 1.807) is 0 Å². The van der Waals surface area contributed by atoms with Gasteiger partial charge >= 0.3 is 0 Å². The number of nitrogens with one attached hydrogen (secondary N) is 1. The van der Waals surface area contributed by atoms with Gasteiger partial charge in [-0.25, -0.2) is 0 Å². The van der Waals surface area contributed by atoms with Crippen LogP contribution in [0.4, 0.5) is 0 Å². The smallest absolute Gasteiger partial charge is 0.231 e. The van der Waals surface area contributed by atoms with E-state index in [0.717, 1.165) is 47.4 Å². The summed E-state index contributed by atoms with van der Waals surface area (Å²) < 4.78 is 13.4. The highest BCUT2D eigenvalue weighted by atomic mass is 32.1. The maximum Gasteiger partial charge on any atom is 0.231 e. The van der Waals surface area contributed by atoms with Gasteiger partial charge in [-0.1, -0.05) is 19.4 Å². The van der Waals surface area contributed by atoms with Gasteiger partial charge < -0.3 is 24.3 Å². The summed E-state index contributed by atoms with van der Waals surface area (Å²) >= 11 is 5.79. The lowest BCUT2D eigenvalue weighted by Crippen LogP contribution is -2.30. The summed E-state index contributed by atoms with van der Waals surface area (Å²) in [4.78, 5) is 6.99. The highest BCUT2D eigenvalue weighted by Crippen LogP contribution is 2.42. The molecule has 1 saturated heterocycles. The highest BCUT2D eigenvalue weighted by Gasteiger charge is 2.41. The molecule has 6 nitrogen and oxygen atoms in total. The molecule has 3 aromatic rings. The lowest BCUT2D eigenvalue weighted by Gasteiger charge is -2.28. The van der Waals surface area contributed by atoms with Gasteiger partial charge in [0.1, 0.15) is 0 Å². The molecule has 4 heterocycles. The maximum absolute atomic E-state index is 5.79. The minimum Gasteiger partial charge on any atom is -0.454 e. The Hall–Kier alpha value is -3.06. The Morgan fingerprint density at radius 3 is 2.75 bits per heavy atom. The van der Waals surface area contributed by atoms with Gasteiger partial charge in [0.2, 0.25) is 6.79 Å². The summed E-state index contributed by atoms with van der Waals surface area (Å²) in [6.45, 7) is 7.74. The van der Waals surface area contributed by atoms with Crippen molar-refractivity contribution in [3.05, 3.63) is 71.3 Å². The second kappa shape index (κ2) is 8.47. The number of unbranched alkanes of at least 4 members (excludes halogenated alkanes) is 1. The summed E-state index contributed by atoms with van der Waals surface area (Å²) in [5.74, 6) is 1.58. The predicted octanol–water partition coefficient (Wildman–Crippen LogP) is 4.99. The molecule has 2 atom stereocenters. The van der Waals surface area contributed by atoms with Gasteiger partial charge in [0, 0.05) is 35.9 Å². The van der Waals surface area contributed by atoms with Crippen molar-refractivity contribution >= 4 is 17.3 Å². The minimum absolute atomic E-state index is 0.00580. The van der Waals surface area contributed by atoms with Crippen molar-refractivity contribution in [2.45, 2.75) is 45.7 Å². The lowest BCUT2D eigenvalue weighted by atomic mass is 9.96. The summed E-state index contributed by atoms with van der Waals surface area (Å²) in [7, 11) is 0. The molecule has 0 bridgehead atoms. The number of benzene rings is 1. The van der Waals surface area contributed by atoms with Gasteiger partial charge in [0.15, 0.2) is 16.6 Å². The molecule has 1 fully saturated rings. The van der Waals surface area contributed by atoms with Crippen LogP contribution < -0.4 is 14.8 Å². The number of thiocarbonyl (C=S) groups is 1. The first-order valence-electron chi connectivity index (χ1n) is 11.2. The fourth-order valence-electron chi connectivity index (χ4n) is 4.82. The highest BCUT2D eigenvalue weighted by molar-refractivity contribution is 7.80. The number of aromatic nitrogens is 2. The molecule has 166 valence electrons. The molecule has 2 aliphatic rings. The molecule has 1 N–H and O–H groups in total. The van der Waals surface area contributed by atoms with Crippen LogP contribution in [0.15, 0.2) is 48.7 Å². The van der Waals surface area contributed by atoms with E-state index in [0.29, 0.717) is 0 Å². The van der Waals surface area contributed by atoms with Crippen molar-refractivity contribution < 1.29 is 9.47 Å². The molecule has 2 aliphatic heterocycles. The van der Waals surface area contributed by atoms with Gasteiger partial charge in [-0.05, 0) is 68.4 Å². The SMILES string of the molecule is CCCCN1C(=S)N[C@H](c2ccccn2)[C@H]1c1cc(C)n(-c2ccc3c(c2)OCO3)c1C. The Kier molecular flexibility index (Phi) is 5.51. The summed E-state index contributed by atoms with van der Waals surface area (Å²) in [5, 5.41) is 4.35. The van der Waals surface area contributed by atoms with Gasteiger partial charge in [-0.3, -0.25) is 4.98 Å². The quantitative estimate of drug-likeness (QED) is 0.536. The Labute approximate surface area is 194 Å². The Balaban J connectivity index is 1.59. The van der Waals surface area contributed by atoms with Crippen LogP contribution in [-0.2, 0) is 0 Å². The summed E-state index contributed by atoms with van der Waals surface area (Å²) in [6.07, 6.45) is 4.06. The molecular formula is C25H28N4O2S. The summed E-state index contributed by atoms with van der Waals surface area (Å²) in [6, 6.07) is 14.6. The molecule has 32 heavy (non-hydrogen) atoms. The topological polar surface area (TPSA) is 51.6 Å². The third-order valence-electron chi connectivity index (χ3n) is 6.35. The molecular weight excluding hydrogens is 420 g/mol. The Morgan fingerprint density at radius 1 is 1.12 bits per heavy atom. The van der Waals surface area contributed by atoms with E-state index in [4.69, 9.17) is 21.7 Å². The fourth-order valence-corrected chi connectivity index (χ4v) is 5.15. The third-order valence-corrected chi connectivity index (χ3v) is 6.71. The molecule has 7 heteroatoms. The molecule has 0 spiro atoms. The first-order chi connectivity index (χ1) is 15.6. The van der Waals surface area contributed by atoms with Crippen molar-refractivity contribution in [1.82, 2.24) is 19.8 Å². The Bertz CT molecular complexity index is 1140. The molecule has 0 aliphatic carbocycles. The number of fused-ring (bicyclic) bond motifs is 1. The van der Waals surface area contributed by atoms with Gasteiger partial charge in [-0.15, -0.1) is 0 Å². The van der Waals surface area contributed by atoms with Crippen LogP contribution >= 0.6 is 12.2 Å². The number of hydrogen-bond donors (Lipinski definition) is 1. The first kappa shape index (κ1) is 20.8. The number of rotatable bonds is 6. The fraction of sp³-hybridized carbons (Fsp3) is 0.360. The maximum atomic E-state index is 5.79. The van der Waals surface area contributed by atoms with Crippen molar-refractivity contribution in [2.75, 3.05) is 13.3 Å². The molecule has 2 aromatic heterocycles. The van der Waals surface area contributed by atoms with E-state index in [9.17, 15) is 0 Å². The average molecular weight is 449 g/mol. The van der Waals surface area contributed by atoms with Crippen molar-refractivity contribution in [3.8, 4) is 17.2 Å². The van der Waals surface area contributed by atoms with Gasteiger partial charge in [-0.2, -0.15) is 0 Å². The Morgan fingerprint density at radius 2 is 1.97 bits per heavy atom. The molecule has 0 radical (unpaired) electrons. The standard InChI is InChI=1S/C25H28N4O2S/c1-4-5-12-28-24(23(27-25(28)32)20-8-6-7-11-26-20)19-13-16(2)29(17(19)3)18-9-10-21-22(14-18)31-15-30-21/h6-11,13-14,23-24H,4-5,12,15H2,1-3H3,(H,27,32)/t23-,24-/m1/s1. The first-order valence-corrected chi connectivity index (χ1v) is 11.6. The molecule has 0 saturated carbocycles. The van der Waals surface area contributed by atoms with Crippen LogP contribution in [-0.4, -0.2) is 32.9 Å². The van der Waals surface area contributed by atoms with E-state index in [1.807, 2.05) is 24.4 Å². The van der Waals surface area contributed by atoms with Crippen molar-refractivity contribution in [2.24, 2.45) is 0 Å². The lowest BCUT2D eigenvalue weighted by molar-refractivity contribution is 0.174. The van der Waals surface area contributed by atoms with E-state index in [2.05, 4.69) is 64.8 Å². The van der Waals surface area contributed by atoms with Crippen LogP contribution in [0, 0.1) is 13.8 Å². The minimum atomic E-state index is 0.00580. The third kappa shape index (κ3) is 3.50. The van der Waals surface area contributed by atoms with Crippen LogP contribution in [0.5, 0.6) is 11.5 Å². The number of nitrogens with zero attached hydrogens (tertiary/aromatic N) is 3. The zero-order valence-electron chi connectivity index (χ0n) is 18.7. The predicted molar refractivity (Wildman–Crippen MR) is 128 cm³/mol. The average Bonchev–Trinajstić information content (AvgIpc) is 3.48. The zero-order valence-corrected chi connectivity index (χ0v) is 19.5. The number of pyridine rings is 1. The van der Waals surface area contributed by atoms with Crippen LogP contribution in [0.2, 0.25) is 0 Å². The largest absolute Gasteiger partial charge is 0.454 e. The van der Waals surface area contributed by atoms with Crippen molar-refractivity contribution in [1.29, 1.82) is 0 Å². The van der Waals surface area contributed by atoms with Crippen LogP contribution in [0.3, 0.4) is 0 Å². The molecule has 1 aromatic carbocycles. The summed E-state index contributed by atoms with van der Waals surface area (Å²) in [5.41, 5.74) is 5.70. The van der Waals surface area contributed by atoms with Crippen LogP contribution in [0.1, 0.15) is 54.5 Å². The van der Waals surface area contributed by atoms with Crippen molar-refractivity contribution in [3.63, 3.8) is 0 Å². The number of hydrogen-bond acceptors (Lipinski definition) is 4. The normalized spacial score (nSPS) is 19.5. The van der Waals surface area contributed by atoms with E-state index >= 15 is 0 Å². The second-order valence-electron chi connectivity index (χ2n) is 8.37. The zero-order chi connectivity index (χ0) is 22.2. The van der Waals surface area contributed by atoms with Gasteiger partial charge in [0.05, 0.1) is 17.8 Å². The van der Waals surface area contributed by atoms with Crippen LogP contribution in [0.25, 0.3) is 5.69 Å². The van der Waals surface area contributed by atoms with E-state index in [1.165, 1.54) is 17.0 Å². The second-order valence-corrected chi connectivity index (χ2v) is 8.76. The number of aryl methyl sites for hydroxylation is 1. The molecule has 0 unspecified atom stereocenters.